The van der Waals surface area contributed by atoms with E-state index in [2.05, 4.69) is 11.2 Å². The minimum Gasteiger partial charge on any atom is -0.398 e. The molecule has 5 heteroatoms. The van der Waals surface area contributed by atoms with Crippen molar-refractivity contribution in [1.82, 2.24) is 5.16 Å². The number of amides is 1. The fourth-order valence-electron chi connectivity index (χ4n) is 2.44. The van der Waals surface area contributed by atoms with Crippen LogP contribution in [0.4, 0.5) is 11.4 Å². The van der Waals surface area contributed by atoms with Gasteiger partial charge in [0.05, 0.1) is 6.20 Å². The van der Waals surface area contributed by atoms with Gasteiger partial charge in [-0.3, -0.25) is 4.79 Å². The van der Waals surface area contributed by atoms with Gasteiger partial charge in [-0.2, -0.15) is 0 Å². The molecule has 0 radical (unpaired) electrons. The second-order valence-electron chi connectivity index (χ2n) is 4.84. The molecule has 1 aromatic heterocycles. The molecule has 98 valence electrons. The summed E-state index contributed by atoms with van der Waals surface area (Å²) in [7, 11) is 0. The number of hydrogen-bond donors (Lipinski definition) is 1. The van der Waals surface area contributed by atoms with E-state index in [9.17, 15) is 4.79 Å². The van der Waals surface area contributed by atoms with Gasteiger partial charge in [-0.15, -0.1) is 0 Å². The van der Waals surface area contributed by atoms with E-state index < -0.39 is 0 Å². The van der Waals surface area contributed by atoms with E-state index in [4.69, 9.17) is 10.3 Å². The number of nitrogen functional groups attached to an aromatic ring is 1. The summed E-state index contributed by atoms with van der Waals surface area (Å²) in [6, 6.07) is 3.93. The van der Waals surface area contributed by atoms with E-state index in [0.29, 0.717) is 23.6 Å². The third kappa shape index (κ3) is 1.78. The Morgan fingerprint density at radius 2 is 2.21 bits per heavy atom. The predicted octanol–water partition coefficient (Wildman–Crippen LogP) is 2.08. The van der Waals surface area contributed by atoms with Gasteiger partial charge >= 0.3 is 0 Å². The Hall–Kier alpha value is -2.30. The molecule has 0 spiro atoms. The van der Waals surface area contributed by atoms with Gasteiger partial charge in [-0.05, 0) is 37.5 Å². The van der Waals surface area contributed by atoms with Crippen LogP contribution in [0.25, 0.3) is 0 Å². The van der Waals surface area contributed by atoms with E-state index >= 15 is 0 Å². The molecule has 19 heavy (non-hydrogen) atoms. The van der Waals surface area contributed by atoms with Crippen molar-refractivity contribution < 1.29 is 9.32 Å². The topological polar surface area (TPSA) is 72.4 Å². The van der Waals surface area contributed by atoms with Gasteiger partial charge in [0, 0.05) is 17.9 Å². The van der Waals surface area contributed by atoms with Gasteiger partial charge in [0.25, 0.3) is 5.91 Å². The van der Waals surface area contributed by atoms with Crippen LogP contribution in [-0.4, -0.2) is 17.6 Å². The van der Waals surface area contributed by atoms with Crippen molar-refractivity contribution in [2.24, 2.45) is 0 Å². The second kappa shape index (κ2) is 4.12. The summed E-state index contributed by atoms with van der Waals surface area (Å²) in [5.41, 5.74) is 10.3. The number of aromatic nitrogens is 1. The molecular weight excluding hydrogens is 242 g/mol. The van der Waals surface area contributed by atoms with Gasteiger partial charge in [0.2, 0.25) is 0 Å². The number of anilines is 2. The Bertz CT molecular complexity index is 661. The van der Waals surface area contributed by atoms with Crippen LogP contribution in [0, 0.1) is 13.8 Å². The van der Waals surface area contributed by atoms with Crippen LogP contribution in [0.15, 0.2) is 22.9 Å². The summed E-state index contributed by atoms with van der Waals surface area (Å²) < 4.78 is 4.95. The first-order valence-electron chi connectivity index (χ1n) is 6.20. The van der Waals surface area contributed by atoms with Crippen molar-refractivity contribution in [3.05, 3.63) is 40.8 Å². The van der Waals surface area contributed by atoms with E-state index in [0.717, 1.165) is 23.2 Å². The number of nitrogens with two attached hydrogens (primary N) is 1. The number of carbonyl (C=O) groups is 1. The smallest absolute Gasteiger partial charge is 0.263 e. The molecule has 1 aliphatic heterocycles. The maximum Gasteiger partial charge on any atom is 0.263 e. The van der Waals surface area contributed by atoms with Crippen molar-refractivity contribution in [2.75, 3.05) is 17.2 Å². The fraction of sp³-hybridized carbons (Fsp3) is 0.286. The van der Waals surface area contributed by atoms with Gasteiger partial charge in [0.1, 0.15) is 11.3 Å². The van der Waals surface area contributed by atoms with E-state index in [-0.39, 0.29) is 5.91 Å². The molecule has 2 N–H and O–H groups in total. The Balaban J connectivity index is 2.01. The minimum atomic E-state index is -0.0826. The summed E-state index contributed by atoms with van der Waals surface area (Å²) >= 11 is 0. The molecule has 3 rings (SSSR count). The van der Waals surface area contributed by atoms with Crippen molar-refractivity contribution in [2.45, 2.75) is 20.3 Å². The second-order valence-corrected chi connectivity index (χ2v) is 4.84. The third-order valence-electron chi connectivity index (χ3n) is 3.59. The molecule has 0 unspecified atom stereocenters. The molecule has 0 atom stereocenters. The molecule has 0 bridgehead atoms. The highest BCUT2D eigenvalue weighted by molar-refractivity contribution is 6.08. The number of carbonyl (C=O) groups excluding carboxylic acids is 1. The zero-order valence-electron chi connectivity index (χ0n) is 10.9. The Morgan fingerprint density at radius 3 is 2.89 bits per heavy atom. The molecule has 2 heterocycles. The summed E-state index contributed by atoms with van der Waals surface area (Å²) in [6.07, 6.45) is 2.32. The van der Waals surface area contributed by atoms with Crippen LogP contribution in [0.1, 0.15) is 27.2 Å². The predicted molar refractivity (Wildman–Crippen MR) is 72.2 cm³/mol. The monoisotopic (exact) mass is 257 g/mol. The van der Waals surface area contributed by atoms with Crippen LogP contribution < -0.4 is 10.6 Å². The quantitative estimate of drug-likeness (QED) is 0.794. The van der Waals surface area contributed by atoms with Gasteiger partial charge in [-0.25, -0.2) is 0 Å². The molecule has 1 amide bonds. The molecule has 0 saturated carbocycles. The molecule has 5 nitrogen and oxygen atoms in total. The number of benzene rings is 1. The number of hydrogen-bond acceptors (Lipinski definition) is 4. The summed E-state index contributed by atoms with van der Waals surface area (Å²) in [4.78, 5) is 14.2. The standard InChI is InChI=1S/C14H15N3O2/c1-8-5-10-3-4-17(13(10)6-12(8)15)14(18)11-7-16-19-9(11)2/h5-7H,3-4,15H2,1-2H3. The largest absolute Gasteiger partial charge is 0.398 e. The van der Waals surface area contributed by atoms with Gasteiger partial charge in [-0.1, -0.05) is 11.2 Å². The highest BCUT2D eigenvalue weighted by atomic mass is 16.5. The summed E-state index contributed by atoms with van der Waals surface area (Å²) in [5, 5.41) is 3.65. The Kier molecular flexibility index (Phi) is 2.55. The zero-order valence-corrected chi connectivity index (χ0v) is 10.9. The summed E-state index contributed by atoms with van der Waals surface area (Å²) in [5.74, 6) is 0.458. The first kappa shape index (κ1) is 11.8. The van der Waals surface area contributed by atoms with Gasteiger partial charge < -0.3 is 15.2 Å². The maximum absolute atomic E-state index is 12.5. The van der Waals surface area contributed by atoms with Crippen molar-refractivity contribution in [3.63, 3.8) is 0 Å². The first-order chi connectivity index (χ1) is 9.08. The lowest BCUT2D eigenvalue weighted by molar-refractivity contribution is 0.0988. The Morgan fingerprint density at radius 1 is 1.42 bits per heavy atom. The highest BCUT2D eigenvalue weighted by Crippen LogP contribution is 2.33. The Labute approximate surface area is 111 Å². The zero-order chi connectivity index (χ0) is 13.6. The molecule has 0 saturated heterocycles. The van der Waals surface area contributed by atoms with Crippen LogP contribution >= 0.6 is 0 Å². The van der Waals surface area contributed by atoms with E-state index in [1.165, 1.54) is 6.20 Å². The third-order valence-corrected chi connectivity index (χ3v) is 3.59. The van der Waals surface area contributed by atoms with E-state index in [1.807, 2.05) is 13.0 Å². The van der Waals surface area contributed by atoms with Crippen LogP contribution in [0.5, 0.6) is 0 Å². The lowest BCUT2D eigenvalue weighted by Gasteiger charge is -2.17. The molecule has 0 fully saturated rings. The average molecular weight is 257 g/mol. The lowest BCUT2D eigenvalue weighted by Crippen LogP contribution is -2.29. The van der Waals surface area contributed by atoms with Crippen LogP contribution in [-0.2, 0) is 6.42 Å². The lowest BCUT2D eigenvalue weighted by atomic mass is 10.1. The number of rotatable bonds is 1. The van der Waals surface area contributed by atoms with E-state index in [1.54, 1.807) is 11.8 Å². The van der Waals surface area contributed by atoms with Crippen LogP contribution in [0.2, 0.25) is 0 Å². The average Bonchev–Trinajstić information content (AvgIpc) is 2.96. The molecular formula is C14H15N3O2. The molecule has 0 aliphatic carbocycles. The maximum atomic E-state index is 12.5. The number of aryl methyl sites for hydroxylation is 2. The number of nitrogens with zero attached hydrogens (tertiary/aromatic N) is 2. The molecule has 2 aromatic rings. The van der Waals surface area contributed by atoms with Gasteiger partial charge in [0.15, 0.2) is 0 Å². The van der Waals surface area contributed by atoms with Crippen molar-refractivity contribution in [3.8, 4) is 0 Å². The normalized spacial score (nSPS) is 13.7. The highest BCUT2D eigenvalue weighted by Gasteiger charge is 2.28. The number of fused-ring (bicyclic) bond motifs is 1. The molecule has 1 aliphatic rings. The first-order valence-corrected chi connectivity index (χ1v) is 6.20. The minimum absolute atomic E-state index is 0.0826. The summed E-state index contributed by atoms with van der Waals surface area (Å²) in [6.45, 7) is 4.38. The SMILES string of the molecule is Cc1cc2c(cc1N)N(C(=O)c1cnoc1C)CC2. The fourth-order valence-corrected chi connectivity index (χ4v) is 2.44. The van der Waals surface area contributed by atoms with Crippen LogP contribution in [0.3, 0.4) is 0 Å². The van der Waals surface area contributed by atoms with Crippen molar-refractivity contribution in [1.29, 1.82) is 0 Å². The molecule has 1 aromatic carbocycles. The van der Waals surface area contributed by atoms with Crippen molar-refractivity contribution >= 4 is 17.3 Å².